The van der Waals surface area contributed by atoms with Crippen LogP contribution >= 0.6 is 11.6 Å². The number of halogens is 2. The lowest BCUT2D eigenvalue weighted by atomic mass is 9.99. The maximum atomic E-state index is 13.2. The Morgan fingerprint density at radius 3 is 2.82 bits per heavy atom. The highest BCUT2D eigenvalue weighted by Gasteiger charge is 2.23. The largest absolute Gasteiger partial charge is 0.384 e. The number of hydrogen-bond acceptors (Lipinski definition) is 4. The molecule has 116 valence electrons. The Morgan fingerprint density at radius 1 is 1.50 bits per heavy atom. The third kappa shape index (κ3) is 3.25. The summed E-state index contributed by atoms with van der Waals surface area (Å²) in [5.41, 5.74) is 5.79. The molecule has 1 aliphatic heterocycles. The highest BCUT2D eigenvalue weighted by Crippen LogP contribution is 2.20. The fourth-order valence-corrected chi connectivity index (χ4v) is 2.35. The van der Waals surface area contributed by atoms with E-state index in [4.69, 9.17) is 22.7 Å². The minimum atomic E-state index is -0.805. The molecule has 0 aromatic heterocycles. The molecule has 0 atom stereocenters. The minimum Gasteiger partial charge on any atom is -0.384 e. The van der Waals surface area contributed by atoms with Gasteiger partial charge in [0.15, 0.2) is 0 Å². The lowest BCUT2D eigenvalue weighted by molar-refractivity contribution is -0.118. The molecular formula is C14H14ClFN4O2. The van der Waals surface area contributed by atoms with Crippen molar-refractivity contribution in [3.8, 4) is 0 Å². The smallest absolute Gasteiger partial charge is 0.252 e. The van der Waals surface area contributed by atoms with Crippen molar-refractivity contribution in [3.05, 3.63) is 45.9 Å². The van der Waals surface area contributed by atoms with Crippen LogP contribution in [0.4, 0.5) is 4.39 Å². The summed E-state index contributed by atoms with van der Waals surface area (Å²) in [4.78, 5) is 24.1. The number of carbonyl (C=O) groups excluding carboxylic acids is 2. The summed E-state index contributed by atoms with van der Waals surface area (Å²) in [7, 11) is 0. The fraction of sp³-hybridized carbons (Fsp3) is 0.214. The predicted octanol–water partition coefficient (Wildman–Crippen LogP) is 0.648. The number of nitrogens with zero attached hydrogens (tertiary/aromatic N) is 1. The first-order chi connectivity index (χ1) is 10.4. The van der Waals surface area contributed by atoms with E-state index >= 15 is 0 Å². The maximum Gasteiger partial charge on any atom is 0.252 e. The van der Waals surface area contributed by atoms with Crippen LogP contribution in [0, 0.1) is 11.2 Å². The van der Waals surface area contributed by atoms with Crippen LogP contribution < -0.4 is 11.1 Å². The summed E-state index contributed by atoms with van der Waals surface area (Å²) in [6.45, 7) is 1.09. The molecule has 8 heteroatoms. The average Bonchev–Trinajstić information content (AvgIpc) is 2.50. The Kier molecular flexibility index (Phi) is 4.77. The molecule has 1 aromatic carbocycles. The Balaban J connectivity index is 2.42. The molecule has 0 unspecified atom stereocenters. The first-order valence-electron chi connectivity index (χ1n) is 6.44. The zero-order valence-electron chi connectivity index (χ0n) is 11.5. The molecule has 1 aliphatic rings. The van der Waals surface area contributed by atoms with Crippen LogP contribution in [0.2, 0.25) is 5.02 Å². The summed E-state index contributed by atoms with van der Waals surface area (Å²) in [5.74, 6) is -1.42. The van der Waals surface area contributed by atoms with E-state index in [2.05, 4.69) is 5.32 Å². The first kappa shape index (κ1) is 16.0. The second-order valence-electron chi connectivity index (χ2n) is 4.72. The Bertz CT molecular complexity index is 675. The number of benzene rings is 1. The van der Waals surface area contributed by atoms with E-state index in [1.807, 2.05) is 0 Å². The molecule has 2 rings (SSSR count). The SMILES string of the molecule is N=C(/C(C(N)=O)=C1/CN(C=O)CCN1)c1ccc(F)c(Cl)c1. The van der Waals surface area contributed by atoms with Gasteiger partial charge < -0.3 is 16.0 Å². The maximum absolute atomic E-state index is 13.2. The normalized spacial score (nSPS) is 16.7. The number of amides is 2. The van der Waals surface area contributed by atoms with Crippen molar-refractivity contribution < 1.29 is 14.0 Å². The highest BCUT2D eigenvalue weighted by atomic mass is 35.5. The number of hydrogen-bond donors (Lipinski definition) is 3. The van der Waals surface area contributed by atoms with Crippen LogP contribution in [0.15, 0.2) is 29.5 Å². The molecule has 1 heterocycles. The zero-order chi connectivity index (χ0) is 16.3. The summed E-state index contributed by atoms with van der Waals surface area (Å²) in [6, 6.07) is 3.71. The van der Waals surface area contributed by atoms with Crippen molar-refractivity contribution in [1.82, 2.24) is 10.2 Å². The van der Waals surface area contributed by atoms with Crippen LogP contribution in [0.25, 0.3) is 0 Å². The molecule has 1 aromatic rings. The number of nitrogens with one attached hydrogen (secondary N) is 2. The van der Waals surface area contributed by atoms with Gasteiger partial charge in [0.05, 0.1) is 22.9 Å². The van der Waals surface area contributed by atoms with Crippen LogP contribution in [-0.4, -0.2) is 42.6 Å². The molecule has 0 saturated carbocycles. The van der Waals surface area contributed by atoms with E-state index in [-0.39, 0.29) is 28.4 Å². The molecule has 1 saturated heterocycles. The van der Waals surface area contributed by atoms with Gasteiger partial charge in [0.2, 0.25) is 6.41 Å². The molecule has 0 radical (unpaired) electrons. The molecule has 4 N–H and O–H groups in total. The van der Waals surface area contributed by atoms with Gasteiger partial charge in [-0.05, 0) is 18.2 Å². The van der Waals surface area contributed by atoms with Crippen LogP contribution in [-0.2, 0) is 9.59 Å². The van der Waals surface area contributed by atoms with Gasteiger partial charge in [-0.15, -0.1) is 0 Å². The van der Waals surface area contributed by atoms with E-state index < -0.39 is 11.7 Å². The van der Waals surface area contributed by atoms with Crippen LogP contribution in [0.3, 0.4) is 0 Å². The van der Waals surface area contributed by atoms with Crippen molar-refractivity contribution in [3.63, 3.8) is 0 Å². The summed E-state index contributed by atoms with van der Waals surface area (Å²) in [5, 5.41) is 11.0. The van der Waals surface area contributed by atoms with E-state index in [1.165, 1.54) is 17.0 Å². The standard InChI is InChI=1S/C14H14ClFN4O2/c15-9-5-8(1-2-10(9)16)13(17)12(14(18)22)11-6-20(7-21)4-3-19-11/h1-2,5,7,17,19H,3-4,6H2,(H2,18,22)/b12-11+,17-13?. The van der Waals surface area contributed by atoms with Gasteiger partial charge in [-0.3, -0.25) is 15.0 Å². The van der Waals surface area contributed by atoms with Gasteiger partial charge in [0, 0.05) is 24.4 Å². The molecule has 0 bridgehead atoms. The van der Waals surface area contributed by atoms with Gasteiger partial charge in [0.1, 0.15) is 5.82 Å². The van der Waals surface area contributed by atoms with E-state index in [9.17, 15) is 14.0 Å². The number of primary amides is 1. The van der Waals surface area contributed by atoms with Crippen molar-refractivity contribution >= 4 is 29.6 Å². The minimum absolute atomic E-state index is 0.0470. The molecule has 1 fully saturated rings. The molecular weight excluding hydrogens is 311 g/mol. The predicted molar refractivity (Wildman–Crippen MR) is 80.1 cm³/mol. The fourth-order valence-electron chi connectivity index (χ4n) is 2.16. The van der Waals surface area contributed by atoms with Gasteiger partial charge in [0.25, 0.3) is 5.91 Å². The Hall–Kier alpha value is -2.41. The van der Waals surface area contributed by atoms with E-state index in [0.29, 0.717) is 25.2 Å². The summed E-state index contributed by atoms with van der Waals surface area (Å²) < 4.78 is 13.2. The third-order valence-corrected chi connectivity index (χ3v) is 3.54. The van der Waals surface area contributed by atoms with Crippen molar-refractivity contribution in [1.29, 1.82) is 5.41 Å². The number of rotatable bonds is 4. The topological polar surface area (TPSA) is 99.3 Å². The molecule has 6 nitrogen and oxygen atoms in total. The molecule has 22 heavy (non-hydrogen) atoms. The van der Waals surface area contributed by atoms with Gasteiger partial charge in [-0.2, -0.15) is 0 Å². The van der Waals surface area contributed by atoms with Crippen molar-refractivity contribution in [2.24, 2.45) is 5.73 Å². The average molecular weight is 325 g/mol. The number of nitrogens with two attached hydrogens (primary N) is 1. The summed E-state index contributed by atoms with van der Waals surface area (Å²) >= 11 is 5.70. The molecule has 2 amide bonds. The van der Waals surface area contributed by atoms with E-state index in [0.717, 1.165) is 6.07 Å². The number of piperazine rings is 1. The quantitative estimate of drug-likeness (QED) is 0.431. The summed E-state index contributed by atoms with van der Waals surface area (Å²) in [6.07, 6.45) is 0.665. The third-order valence-electron chi connectivity index (χ3n) is 3.25. The van der Waals surface area contributed by atoms with Gasteiger partial charge in [-0.1, -0.05) is 11.6 Å². The van der Waals surface area contributed by atoms with Crippen molar-refractivity contribution in [2.75, 3.05) is 19.6 Å². The van der Waals surface area contributed by atoms with Crippen LogP contribution in [0.5, 0.6) is 0 Å². The highest BCUT2D eigenvalue weighted by molar-refractivity contribution is 6.32. The van der Waals surface area contributed by atoms with Crippen LogP contribution in [0.1, 0.15) is 5.56 Å². The second kappa shape index (κ2) is 6.57. The molecule has 0 spiro atoms. The Morgan fingerprint density at radius 2 is 2.23 bits per heavy atom. The number of carbonyl (C=O) groups is 2. The first-order valence-corrected chi connectivity index (χ1v) is 6.82. The van der Waals surface area contributed by atoms with Crippen molar-refractivity contribution in [2.45, 2.75) is 0 Å². The van der Waals surface area contributed by atoms with Gasteiger partial charge in [-0.25, -0.2) is 4.39 Å². The van der Waals surface area contributed by atoms with E-state index in [1.54, 1.807) is 0 Å². The second-order valence-corrected chi connectivity index (χ2v) is 5.13. The monoisotopic (exact) mass is 324 g/mol. The lowest BCUT2D eigenvalue weighted by Crippen LogP contribution is -2.43. The lowest BCUT2D eigenvalue weighted by Gasteiger charge is -2.28. The van der Waals surface area contributed by atoms with Gasteiger partial charge >= 0.3 is 0 Å². The Labute approximate surface area is 131 Å². The molecule has 0 aliphatic carbocycles. The zero-order valence-corrected chi connectivity index (χ0v) is 12.3.